The zero-order chi connectivity index (χ0) is 20.3. The van der Waals surface area contributed by atoms with Gasteiger partial charge in [0.05, 0.1) is 17.3 Å². The van der Waals surface area contributed by atoms with Crippen LogP contribution in [0.3, 0.4) is 0 Å². The van der Waals surface area contributed by atoms with Gasteiger partial charge in [-0.1, -0.05) is 23.7 Å². The summed E-state index contributed by atoms with van der Waals surface area (Å²) in [5.41, 5.74) is 0.502. The second-order valence-corrected chi connectivity index (χ2v) is 8.60. The fourth-order valence-electron chi connectivity index (χ4n) is 2.91. The standard InChI is InChI=1S/C18H18ClF2N3O3S/c19-14-3-1-2-4-16(14)22-18(25)12-23-7-9-24(10-8-23)28(26,27)17-6-5-13(20)11-15(17)21/h1-6,11H,7-10,12H2,(H,22,25). The van der Waals surface area contributed by atoms with E-state index in [1.807, 2.05) is 0 Å². The highest BCUT2D eigenvalue weighted by Gasteiger charge is 2.31. The lowest BCUT2D eigenvalue weighted by molar-refractivity contribution is -0.117. The van der Waals surface area contributed by atoms with Crippen LogP contribution in [0.4, 0.5) is 14.5 Å². The van der Waals surface area contributed by atoms with Crippen molar-refractivity contribution >= 4 is 33.2 Å². The van der Waals surface area contributed by atoms with E-state index in [9.17, 15) is 22.0 Å². The summed E-state index contributed by atoms with van der Waals surface area (Å²) in [5, 5.41) is 3.13. The van der Waals surface area contributed by atoms with Crippen molar-refractivity contribution in [2.24, 2.45) is 0 Å². The molecule has 1 fully saturated rings. The van der Waals surface area contributed by atoms with Gasteiger partial charge in [-0.15, -0.1) is 0 Å². The molecule has 28 heavy (non-hydrogen) atoms. The Labute approximate surface area is 166 Å². The number of carbonyl (C=O) groups is 1. The van der Waals surface area contributed by atoms with Crippen molar-refractivity contribution < 1.29 is 22.0 Å². The largest absolute Gasteiger partial charge is 0.324 e. The normalized spacial score (nSPS) is 16.1. The number of piperazine rings is 1. The molecule has 150 valence electrons. The Kier molecular flexibility index (Phi) is 6.29. The van der Waals surface area contributed by atoms with Gasteiger partial charge in [-0.25, -0.2) is 17.2 Å². The molecule has 2 aromatic rings. The van der Waals surface area contributed by atoms with E-state index in [-0.39, 0.29) is 25.5 Å². The van der Waals surface area contributed by atoms with E-state index in [4.69, 9.17) is 11.6 Å². The molecule has 1 N–H and O–H groups in total. The van der Waals surface area contributed by atoms with Crippen LogP contribution in [-0.4, -0.2) is 56.3 Å². The highest BCUT2D eigenvalue weighted by atomic mass is 35.5. The molecule has 0 unspecified atom stereocenters. The van der Waals surface area contributed by atoms with E-state index in [0.717, 1.165) is 16.4 Å². The molecule has 1 heterocycles. The third kappa shape index (κ3) is 4.67. The monoisotopic (exact) mass is 429 g/mol. The highest BCUT2D eigenvalue weighted by molar-refractivity contribution is 7.89. The number of halogens is 3. The molecular formula is C18H18ClF2N3O3S. The van der Waals surface area contributed by atoms with Crippen LogP contribution in [0, 0.1) is 11.6 Å². The topological polar surface area (TPSA) is 69.7 Å². The molecule has 0 aliphatic carbocycles. The van der Waals surface area contributed by atoms with Crippen LogP contribution >= 0.6 is 11.6 Å². The van der Waals surface area contributed by atoms with Gasteiger partial charge in [-0.3, -0.25) is 9.69 Å². The highest BCUT2D eigenvalue weighted by Crippen LogP contribution is 2.22. The molecule has 0 spiro atoms. The average Bonchev–Trinajstić information content (AvgIpc) is 2.64. The molecule has 1 saturated heterocycles. The minimum absolute atomic E-state index is 0.0734. The third-order valence-corrected chi connectivity index (χ3v) is 6.62. The predicted molar refractivity (Wildman–Crippen MR) is 102 cm³/mol. The van der Waals surface area contributed by atoms with E-state index < -0.39 is 26.6 Å². The average molecular weight is 430 g/mol. The number of para-hydroxylation sites is 1. The number of rotatable bonds is 5. The van der Waals surface area contributed by atoms with Crippen LogP contribution in [0.2, 0.25) is 5.02 Å². The van der Waals surface area contributed by atoms with Gasteiger partial charge in [0.2, 0.25) is 15.9 Å². The van der Waals surface area contributed by atoms with E-state index in [2.05, 4.69) is 5.32 Å². The summed E-state index contributed by atoms with van der Waals surface area (Å²) >= 11 is 6.01. The third-order valence-electron chi connectivity index (χ3n) is 4.36. The van der Waals surface area contributed by atoms with Gasteiger partial charge in [-0.05, 0) is 24.3 Å². The summed E-state index contributed by atoms with van der Waals surface area (Å²) in [7, 11) is -4.07. The van der Waals surface area contributed by atoms with Crippen LogP contribution in [0.5, 0.6) is 0 Å². The Morgan fingerprint density at radius 1 is 1.07 bits per heavy atom. The summed E-state index contributed by atoms with van der Waals surface area (Å²) < 4.78 is 53.2. The molecule has 0 atom stereocenters. The summed E-state index contributed by atoms with van der Waals surface area (Å²) in [6.07, 6.45) is 0. The molecule has 0 aromatic heterocycles. The van der Waals surface area contributed by atoms with Crippen LogP contribution in [-0.2, 0) is 14.8 Å². The molecule has 3 rings (SSSR count). The van der Waals surface area contributed by atoms with Crippen molar-refractivity contribution in [2.75, 3.05) is 38.0 Å². The van der Waals surface area contributed by atoms with Crippen molar-refractivity contribution in [3.8, 4) is 0 Å². The molecule has 6 nitrogen and oxygen atoms in total. The maximum atomic E-state index is 13.9. The Balaban J connectivity index is 1.58. The van der Waals surface area contributed by atoms with Crippen molar-refractivity contribution in [1.29, 1.82) is 0 Å². The predicted octanol–water partition coefficient (Wildman–Crippen LogP) is 2.56. The molecule has 1 aliphatic rings. The number of hydrogen-bond donors (Lipinski definition) is 1. The second-order valence-electron chi connectivity index (χ2n) is 6.28. The van der Waals surface area contributed by atoms with E-state index in [0.29, 0.717) is 29.9 Å². The number of carbonyl (C=O) groups excluding carboxylic acids is 1. The fourth-order valence-corrected chi connectivity index (χ4v) is 4.56. The van der Waals surface area contributed by atoms with Crippen molar-refractivity contribution in [3.05, 3.63) is 59.1 Å². The number of nitrogens with zero attached hydrogens (tertiary/aromatic N) is 2. The molecule has 2 aromatic carbocycles. The van der Waals surface area contributed by atoms with Crippen molar-refractivity contribution in [3.63, 3.8) is 0 Å². The number of sulfonamides is 1. The summed E-state index contributed by atoms with van der Waals surface area (Å²) in [6.45, 7) is 0.872. The summed E-state index contributed by atoms with van der Waals surface area (Å²) in [6, 6.07) is 9.22. The molecule has 0 bridgehead atoms. The van der Waals surface area contributed by atoms with Crippen LogP contribution in [0.15, 0.2) is 47.4 Å². The first-order valence-electron chi connectivity index (χ1n) is 8.49. The minimum atomic E-state index is -4.07. The molecule has 0 saturated carbocycles. The molecule has 1 aliphatic heterocycles. The zero-order valence-corrected chi connectivity index (χ0v) is 16.3. The molecule has 10 heteroatoms. The van der Waals surface area contributed by atoms with E-state index in [1.54, 1.807) is 29.2 Å². The zero-order valence-electron chi connectivity index (χ0n) is 14.7. The Bertz CT molecular complexity index is 980. The lowest BCUT2D eigenvalue weighted by atomic mass is 10.3. The van der Waals surface area contributed by atoms with Gasteiger partial charge >= 0.3 is 0 Å². The molecule has 0 radical (unpaired) electrons. The Hall–Kier alpha value is -2.07. The van der Waals surface area contributed by atoms with Crippen molar-refractivity contribution in [1.82, 2.24) is 9.21 Å². The first kappa shape index (κ1) is 20.7. The lowest BCUT2D eigenvalue weighted by Crippen LogP contribution is -2.50. The number of hydrogen-bond acceptors (Lipinski definition) is 4. The second kappa shape index (κ2) is 8.52. The summed E-state index contributed by atoms with van der Waals surface area (Å²) in [5.74, 6) is -2.23. The van der Waals surface area contributed by atoms with Gasteiger partial charge in [0, 0.05) is 32.2 Å². The van der Waals surface area contributed by atoms with Gasteiger partial charge in [0.15, 0.2) is 0 Å². The fraction of sp³-hybridized carbons (Fsp3) is 0.278. The van der Waals surface area contributed by atoms with Crippen LogP contribution < -0.4 is 5.32 Å². The Morgan fingerprint density at radius 2 is 1.75 bits per heavy atom. The van der Waals surface area contributed by atoms with Crippen LogP contribution in [0.1, 0.15) is 0 Å². The van der Waals surface area contributed by atoms with E-state index >= 15 is 0 Å². The first-order chi connectivity index (χ1) is 13.3. The molecular weight excluding hydrogens is 412 g/mol. The van der Waals surface area contributed by atoms with Gasteiger partial charge in [0.25, 0.3) is 0 Å². The van der Waals surface area contributed by atoms with Gasteiger partial charge < -0.3 is 5.32 Å². The summed E-state index contributed by atoms with van der Waals surface area (Å²) in [4.78, 5) is 13.4. The number of anilines is 1. The number of benzene rings is 2. The first-order valence-corrected chi connectivity index (χ1v) is 10.3. The van der Waals surface area contributed by atoms with Crippen LogP contribution in [0.25, 0.3) is 0 Å². The number of nitrogens with one attached hydrogen (secondary N) is 1. The SMILES string of the molecule is O=C(CN1CCN(S(=O)(=O)c2ccc(F)cc2F)CC1)Nc1ccccc1Cl. The molecule has 1 amide bonds. The smallest absolute Gasteiger partial charge is 0.246 e. The van der Waals surface area contributed by atoms with Gasteiger partial charge in [0.1, 0.15) is 16.5 Å². The minimum Gasteiger partial charge on any atom is -0.324 e. The Morgan fingerprint density at radius 3 is 2.39 bits per heavy atom. The quantitative estimate of drug-likeness (QED) is 0.793. The van der Waals surface area contributed by atoms with Gasteiger partial charge in [-0.2, -0.15) is 4.31 Å². The number of amides is 1. The lowest BCUT2D eigenvalue weighted by Gasteiger charge is -2.33. The van der Waals surface area contributed by atoms with Crippen molar-refractivity contribution in [2.45, 2.75) is 4.90 Å². The maximum absolute atomic E-state index is 13.9. The van der Waals surface area contributed by atoms with E-state index in [1.165, 1.54) is 0 Å². The maximum Gasteiger partial charge on any atom is 0.246 e.